The second-order valence-corrected chi connectivity index (χ2v) is 9.15. The van der Waals surface area contributed by atoms with E-state index in [2.05, 4.69) is 36.4 Å². The van der Waals surface area contributed by atoms with Crippen molar-refractivity contribution in [1.29, 1.82) is 0 Å². The number of rotatable bonds is 13. The monoisotopic (exact) mass is 528 g/mol. The Bertz CT molecular complexity index is 1340. The third-order valence-corrected chi connectivity index (χ3v) is 6.60. The predicted octanol–water partition coefficient (Wildman–Crippen LogP) is 7.09. The Hall–Kier alpha value is -4.32. The van der Waals surface area contributed by atoms with Gasteiger partial charge in [0.2, 0.25) is 5.75 Å². The summed E-state index contributed by atoms with van der Waals surface area (Å²) in [6.45, 7) is 0. The molecule has 0 amide bonds. The summed E-state index contributed by atoms with van der Waals surface area (Å²) in [6, 6.07) is 26.4. The molecule has 0 aliphatic heterocycles. The first kappa shape index (κ1) is 27.7. The molecular formula is C33H36O6. The van der Waals surface area contributed by atoms with Crippen LogP contribution in [0.3, 0.4) is 0 Å². The second kappa shape index (κ2) is 13.5. The minimum Gasteiger partial charge on any atom is -0.497 e. The summed E-state index contributed by atoms with van der Waals surface area (Å²) in [6.07, 6.45) is 3.46. The van der Waals surface area contributed by atoms with Crippen LogP contribution < -0.4 is 28.4 Å². The molecule has 0 bridgehead atoms. The number of aryl methyl sites for hydroxylation is 4. The fourth-order valence-electron chi connectivity index (χ4n) is 4.50. The molecular weight excluding hydrogens is 492 g/mol. The molecule has 0 heterocycles. The molecule has 4 aromatic carbocycles. The largest absolute Gasteiger partial charge is 0.497 e. The normalized spacial score (nSPS) is 10.6. The van der Waals surface area contributed by atoms with E-state index in [0.717, 1.165) is 59.8 Å². The first-order chi connectivity index (χ1) is 19.0. The SMILES string of the molecule is COc1cccc(CCc2cc(OC)cc(Oc3ccc(CCc4cc(OC)c(OC)c(OC)c4)cc3)c2)c1. The highest BCUT2D eigenvalue weighted by molar-refractivity contribution is 5.54. The van der Waals surface area contributed by atoms with E-state index in [1.807, 2.05) is 42.5 Å². The lowest BCUT2D eigenvalue weighted by Crippen LogP contribution is -1.98. The predicted molar refractivity (Wildman–Crippen MR) is 153 cm³/mol. The maximum absolute atomic E-state index is 6.21. The summed E-state index contributed by atoms with van der Waals surface area (Å²) in [7, 11) is 8.23. The summed E-state index contributed by atoms with van der Waals surface area (Å²) in [5.41, 5.74) is 4.69. The lowest BCUT2D eigenvalue weighted by atomic mass is 10.0. The van der Waals surface area contributed by atoms with Crippen molar-refractivity contribution in [3.8, 4) is 40.2 Å². The van der Waals surface area contributed by atoms with Gasteiger partial charge in [-0.25, -0.2) is 0 Å². The average molecular weight is 529 g/mol. The van der Waals surface area contributed by atoms with Crippen molar-refractivity contribution in [2.75, 3.05) is 35.5 Å². The van der Waals surface area contributed by atoms with Crippen molar-refractivity contribution < 1.29 is 28.4 Å². The van der Waals surface area contributed by atoms with Crippen molar-refractivity contribution >= 4 is 0 Å². The highest BCUT2D eigenvalue weighted by Crippen LogP contribution is 2.38. The minimum atomic E-state index is 0.603. The summed E-state index contributed by atoms with van der Waals surface area (Å²) < 4.78 is 33.5. The van der Waals surface area contributed by atoms with Crippen LogP contribution in [0.1, 0.15) is 22.3 Å². The molecule has 0 aromatic heterocycles. The van der Waals surface area contributed by atoms with Gasteiger partial charge in [0.15, 0.2) is 11.5 Å². The van der Waals surface area contributed by atoms with Gasteiger partial charge in [-0.05, 0) is 96.5 Å². The maximum atomic E-state index is 6.21. The number of hydrogen-bond donors (Lipinski definition) is 0. The molecule has 204 valence electrons. The Morgan fingerprint density at radius 2 is 0.974 bits per heavy atom. The molecule has 0 unspecified atom stereocenters. The van der Waals surface area contributed by atoms with Crippen LogP contribution in [0.15, 0.2) is 78.9 Å². The topological polar surface area (TPSA) is 55.4 Å². The third-order valence-electron chi connectivity index (χ3n) is 6.60. The molecule has 4 rings (SSSR count). The number of benzene rings is 4. The molecule has 6 nitrogen and oxygen atoms in total. The minimum absolute atomic E-state index is 0.603. The molecule has 0 N–H and O–H groups in total. The van der Waals surface area contributed by atoms with Gasteiger partial charge in [-0.15, -0.1) is 0 Å². The molecule has 0 spiro atoms. The van der Waals surface area contributed by atoms with Crippen LogP contribution in [0.2, 0.25) is 0 Å². The summed E-state index contributed by atoms with van der Waals surface area (Å²) in [4.78, 5) is 0. The maximum Gasteiger partial charge on any atom is 0.203 e. The molecule has 39 heavy (non-hydrogen) atoms. The van der Waals surface area contributed by atoms with Gasteiger partial charge < -0.3 is 28.4 Å². The smallest absolute Gasteiger partial charge is 0.203 e. The zero-order valence-electron chi connectivity index (χ0n) is 23.3. The van der Waals surface area contributed by atoms with Crippen molar-refractivity contribution in [1.82, 2.24) is 0 Å². The van der Waals surface area contributed by atoms with Crippen molar-refractivity contribution in [2.45, 2.75) is 25.7 Å². The van der Waals surface area contributed by atoms with E-state index in [1.165, 1.54) is 11.1 Å². The van der Waals surface area contributed by atoms with Crippen molar-refractivity contribution in [2.24, 2.45) is 0 Å². The Morgan fingerprint density at radius 3 is 1.59 bits per heavy atom. The molecule has 6 heteroatoms. The van der Waals surface area contributed by atoms with E-state index < -0.39 is 0 Å². The van der Waals surface area contributed by atoms with Gasteiger partial charge in [-0.3, -0.25) is 0 Å². The van der Waals surface area contributed by atoms with Crippen LogP contribution in [-0.2, 0) is 25.7 Å². The quantitative estimate of drug-likeness (QED) is 0.185. The van der Waals surface area contributed by atoms with E-state index in [1.54, 1.807) is 35.5 Å². The van der Waals surface area contributed by atoms with E-state index in [-0.39, 0.29) is 0 Å². The number of ether oxygens (including phenoxy) is 6. The standard InChI is InChI=1S/C33H36O6/c1-34-28-8-6-7-24(17-28)10-12-25-18-29(35-2)22-30(19-25)39-27-15-13-23(14-16-27)9-11-26-20-31(36-3)33(38-5)32(21-26)37-4/h6-8,13-22H,9-12H2,1-5H3. The van der Waals surface area contributed by atoms with Crippen molar-refractivity contribution in [3.63, 3.8) is 0 Å². The van der Waals surface area contributed by atoms with Crippen LogP contribution in [0.25, 0.3) is 0 Å². The van der Waals surface area contributed by atoms with E-state index in [0.29, 0.717) is 17.2 Å². The van der Waals surface area contributed by atoms with Crippen LogP contribution in [0, 0.1) is 0 Å². The van der Waals surface area contributed by atoms with Gasteiger partial charge in [0.25, 0.3) is 0 Å². The Balaban J connectivity index is 1.40. The molecule has 4 aromatic rings. The van der Waals surface area contributed by atoms with Gasteiger partial charge in [0.05, 0.1) is 35.5 Å². The van der Waals surface area contributed by atoms with E-state index in [4.69, 9.17) is 28.4 Å². The number of methoxy groups -OCH3 is 5. The number of hydrogen-bond acceptors (Lipinski definition) is 6. The highest BCUT2D eigenvalue weighted by Gasteiger charge is 2.13. The second-order valence-electron chi connectivity index (χ2n) is 9.15. The van der Waals surface area contributed by atoms with E-state index in [9.17, 15) is 0 Å². The van der Waals surface area contributed by atoms with Gasteiger partial charge in [-0.1, -0.05) is 24.3 Å². The molecule has 0 saturated carbocycles. The van der Waals surface area contributed by atoms with Gasteiger partial charge in [0.1, 0.15) is 23.0 Å². The Morgan fingerprint density at radius 1 is 0.410 bits per heavy atom. The van der Waals surface area contributed by atoms with Crippen LogP contribution in [0.4, 0.5) is 0 Å². The Kier molecular flexibility index (Phi) is 9.57. The zero-order valence-corrected chi connectivity index (χ0v) is 23.3. The van der Waals surface area contributed by atoms with Crippen LogP contribution >= 0.6 is 0 Å². The van der Waals surface area contributed by atoms with Gasteiger partial charge in [0, 0.05) is 6.07 Å². The van der Waals surface area contributed by atoms with Crippen LogP contribution in [0.5, 0.6) is 40.2 Å². The Labute approximate surface area is 231 Å². The van der Waals surface area contributed by atoms with Gasteiger partial charge >= 0.3 is 0 Å². The zero-order chi connectivity index (χ0) is 27.6. The fourth-order valence-corrected chi connectivity index (χ4v) is 4.50. The summed E-state index contributed by atoms with van der Waals surface area (Å²) in [5.74, 6) is 5.10. The third kappa shape index (κ3) is 7.38. The molecule has 0 saturated heterocycles. The van der Waals surface area contributed by atoms with Gasteiger partial charge in [-0.2, -0.15) is 0 Å². The summed E-state index contributed by atoms with van der Waals surface area (Å²) in [5, 5.41) is 0. The molecule has 0 fully saturated rings. The molecule has 0 atom stereocenters. The first-order valence-electron chi connectivity index (χ1n) is 12.9. The first-order valence-corrected chi connectivity index (χ1v) is 12.9. The average Bonchev–Trinajstić information content (AvgIpc) is 2.99. The molecule has 0 radical (unpaired) electrons. The van der Waals surface area contributed by atoms with Crippen molar-refractivity contribution in [3.05, 3.63) is 101 Å². The fraction of sp³-hybridized carbons (Fsp3) is 0.273. The summed E-state index contributed by atoms with van der Waals surface area (Å²) >= 11 is 0. The lowest BCUT2D eigenvalue weighted by Gasteiger charge is -2.14. The molecule has 0 aliphatic rings. The highest BCUT2D eigenvalue weighted by atomic mass is 16.5. The van der Waals surface area contributed by atoms with Crippen LogP contribution in [-0.4, -0.2) is 35.5 Å². The van der Waals surface area contributed by atoms with E-state index >= 15 is 0 Å². The lowest BCUT2D eigenvalue weighted by molar-refractivity contribution is 0.324. The molecule has 0 aliphatic carbocycles.